The van der Waals surface area contributed by atoms with Crippen LogP contribution in [0, 0.1) is 0 Å². The van der Waals surface area contributed by atoms with Gasteiger partial charge in [-0.15, -0.1) is 12.4 Å². The Morgan fingerprint density at radius 1 is 1.59 bits per heavy atom. The van der Waals surface area contributed by atoms with Gasteiger partial charge in [0.15, 0.2) is 5.78 Å². The van der Waals surface area contributed by atoms with E-state index in [9.17, 15) is 4.79 Å². The van der Waals surface area contributed by atoms with Crippen LogP contribution in [0.25, 0.3) is 0 Å². The van der Waals surface area contributed by atoms with Crippen LogP contribution in [-0.2, 0) is 0 Å². The smallest absolute Gasteiger partial charge is 0.195 e. The molecule has 0 spiro atoms. The third-order valence-corrected chi connectivity index (χ3v) is 2.77. The average molecular weight is 256 g/mol. The molecule has 1 aromatic heterocycles. The van der Waals surface area contributed by atoms with Gasteiger partial charge in [-0.1, -0.05) is 6.07 Å². The summed E-state index contributed by atoms with van der Waals surface area (Å²) in [4.78, 5) is 18.1. The Hall–Kier alpha value is -0.970. The van der Waals surface area contributed by atoms with Crippen molar-refractivity contribution in [2.45, 2.75) is 13.0 Å². The first kappa shape index (κ1) is 14.1. The first-order chi connectivity index (χ1) is 7.75. The van der Waals surface area contributed by atoms with E-state index in [4.69, 9.17) is 0 Å². The van der Waals surface area contributed by atoms with Crippen LogP contribution in [-0.4, -0.2) is 47.9 Å². The summed E-state index contributed by atoms with van der Waals surface area (Å²) < 4.78 is 0. The molecule has 0 aliphatic carbocycles. The van der Waals surface area contributed by atoms with Crippen LogP contribution < -0.4 is 5.32 Å². The van der Waals surface area contributed by atoms with Crippen molar-refractivity contribution in [3.05, 3.63) is 30.1 Å². The molecule has 0 saturated carbocycles. The van der Waals surface area contributed by atoms with Gasteiger partial charge in [0.1, 0.15) is 5.69 Å². The summed E-state index contributed by atoms with van der Waals surface area (Å²) in [6, 6.07) is 5.91. The van der Waals surface area contributed by atoms with Gasteiger partial charge in [0, 0.05) is 31.9 Å². The van der Waals surface area contributed by atoms with Gasteiger partial charge < -0.3 is 5.32 Å². The van der Waals surface area contributed by atoms with Crippen LogP contribution in [0.4, 0.5) is 0 Å². The fraction of sp³-hybridized carbons (Fsp3) is 0.500. The van der Waals surface area contributed by atoms with Crippen LogP contribution in [0.3, 0.4) is 0 Å². The van der Waals surface area contributed by atoms with E-state index in [-0.39, 0.29) is 18.2 Å². The summed E-state index contributed by atoms with van der Waals surface area (Å²) in [5.74, 6) is 0.106. The van der Waals surface area contributed by atoms with E-state index in [1.807, 2.05) is 12.1 Å². The number of ketones is 1. The second kappa shape index (κ2) is 6.69. The number of halogens is 1. The molecule has 94 valence electrons. The number of pyridine rings is 1. The van der Waals surface area contributed by atoms with Crippen molar-refractivity contribution >= 4 is 18.2 Å². The van der Waals surface area contributed by atoms with Crippen LogP contribution in [0.2, 0.25) is 0 Å². The predicted octanol–water partition coefficient (Wildman–Crippen LogP) is 0.980. The van der Waals surface area contributed by atoms with E-state index in [2.05, 4.69) is 22.1 Å². The van der Waals surface area contributed by atoms with E-state index < -0.39 is 0 Å². The molecule has 1 unspecified atom stereocenters. The molecule has 1 fully saturated rings. The van der Waals surface area contributed by atoms with Gasteiger partial charge in [-0.2, -0.15) is 0 Å². The Morgan fingerprint density at radius 3 is 3.06 bits per heavy atom. The number of nitrogens with zero attached hydrogens (tertiary/aromatic N) is 2. The number of nitrogens with one attached hydrogen (secondary N) is 1. The van der Waals surface area contributed by atoms with Gasteiger partial charge >= 0.3 is 0 Å². The lowest BCUT2D eigenvalue weighted by Gasteiger charge is -2.31. The molecule has 1 aliphatic rings. The minimum absolute atomic E-state index is 0. The van der Waals surface area contributed by atoms with Crippen LogP contribution >= 0.6 is 12.4 Å². The Labute approximate surface area is 108 Å². The standard InChI is InChI=1S/C12H17N3O.ClH/c1-10-8-15(7-6-13-10)9-12(16)11-4-2-3-5-14-11;/h2-5,10,13H,6-9H2,1H3;1H. The highest BCUT2D eigenvalue weighted by Crippen LogP contribution is 2.02. The Morgan fingerprint density at radius 2 is 2.41 bits per heavy atom. The Bertz CT molecular complexity index is 358. The molecular formula is C12H18ClN3O. The molecule has 1 N–H and O–H groups in total. The maximum atomic E-state index is 11.9. The molecule has 1 atom stereocenters. The van der Waals surface area contributed by atoms with Crippen molar-refractivity contribution in [3.63, 3.8) is 0 Å². The number of hydrogen-bond donors (Lipinski definition) is 1. The lowest BCUT2D eigenvalue weighted by atomic mass is 10.2. The van der Waals surface area contributed by atoms with Gasteiger partial charge in [-0.3, -0.25) is 14.7 Å². The number of aromatic nitrogens is 1. The number of carbonyl (C=O) groups is 1. The molecule has 0 amide bonds. The van der Waals surface area contributed by atoms with E-state index >= 15 is 0 Å². The van der Waals surface area contributed by atoms with E-state index in [1.54, 1.807) is 12.3 Å². The zero-order chi connectivity index (χ0) is 11.4. The molecular weight excluding hydrogens is 238 g/mol. The molecule has 0 aromatic carbocycles. The highest BCUT2D eigenvalue weighted by Gasteiger charge is 2.18. The molecule has 5 heteroatoms. The molecule has 0 radical (unpaired) electrons. The summed E-state index contributed by atoms with van der Waals surface area (Å²) in [6.07, 6.45) is 1.66. The van der Waals surface area contributed by atoms with Gasteiger partial charge in [0.25, 0.3) is 0 Å². The summed E-state index contributed by atoms with van der Waals surface area (Å²) in [5, 5.41) is 3.36. The maximum Gasteiger partial charge on any atom is 0.195 e. The Kier molecular flexibility index (Phi) is 5.55. The van der Waals surface area contributed by atoms with E-state index in [1.165, 1.54) is 0 Å². The number of carbonyl (C=O) groups excluding carboxylic acids is 1. The number of rotatable bonds is 3. The average Bonchev–Trinajstić information content (AvgIpc) is 2.30. The first-order valence-corrected chi connectivity index (χ1v) is 5.65. The molecule has 1 aliphatic heterocycles. The van der Waals surface area contributed by atoms with Gasteiger partial charge in [-0.05, 0) is 19.1 Å². The zero-order valence-electron chi connectivity index (χ0n) is 9.93. The molecule has 1 aromatic rings. The largest absolute Gasteiger partial charge is 0.312 e. The number of Topliss-reactive ketones (excluding diaryl/α,β-unsaturated/α-hetero) is 1. The summed E-state index contributed by atoms with van der Waals surface area (Å²) in [6.45, 7) is 5.43. The molecule has 0 bridgehead atoms. The van der Waals surface area contributed by atoms with Crippen molar-refractivity contribution in [2.24, 2.45) is 0 Å². The fourth-order valence-corrected chi connectivity index (χ4v) is 1.97. The van der Waals surface area contributed by atoms with Gasteiger partial charge in [0.2, 0.25) is 0 Å². The highest BCUT2D eigenvalue weighted by atomic mass is 35.5. The lowest BCUT2D eigenvalue weighted by Crippen LogP contribution is -2.50. The predicted molar refractivity (Wildman–Crippen MR) is 69.7 cm³/mol. The normalized spacial score (nSPS) is 20.6. The van der Waals surface area contributed by atoms with E-state index in [0.717, 1.165) is 19.6 Å². The number of hydrogen-bond acceptors (Lipinski definition) is 4. The van der Waals surface area contributed by atoms with E-state index in [0.29, 0.717) is 18.3 Å². The monoisotopic (exact) mass is 255 g/mol. The van der Waals surface area contributed by atoms with Crippen molar-refractivity contribution < 1.29 is 4.79 Å². The first-order valence-electron chi connectivity index (χ1n) is 5.65. The van der Waals surface area contributed by atoms with Crippen molar-refractivity contribution in [1.82, 2.24) is 15.2 Å². The Balaban J connectivity index is 0.00000144. The molecule has 2 heterocycles. The third-order valence-electron chi connectivity index (χ3n) is 2.77. The van der Waals surface area contributed by atoms with Gasteiger partial charge in [-0.25, -0.2) is 0 Å². The molecule has 17 heavy (non-hydrogen) atoms. The molecule has 1 saturated heterocycles. The third kappa shape index (κ3) is 4.07. The summed E-state index contributed by atoms with van der Waals surface area (Å²) >= 11 is 0. The zero-order valence-corrected chi connectivity index (χ0v) is 10.7. The summed E-state index contributed by atoms with van der Waals surface area (Å²) in [5.41, 5.74) is 0.564. The van der Waals surface area contributed by atoms with Crippen molar-refractivity contribution in [2.75, 3.05) is 26.2 Å². The molecule has 2 rings (SSSR count). The quantitative estimate of drug-likeness (QED) is 0.818. The van der Waals surface area contributed by atoms with Crippen molar-refractivity contribution in [1.29, 1.82) is 0 Å². The minimum Gasteiger partial charge on any atom is -0.312 e. The van der Waals surface area contributed by atoms with Crippen LogP contribution in [0.5, 0.6) is 0 Å². The maximum absolute atomic E-state index is 11.9. The van der Waals surface area contributed by atoms with Crippen LogP contribution in [0.15, 0.2) is 24.4 Å². The lowest BCUT2D eigenvalue weighted by molar-refractivity contribution is 0.0903. The second-order valence-electron chi connectivity index (χ2n) is 4.23. The van der Waals surface area contributed by atoms with Crippen LogP contribution in [0.1, 0.15) is 17.4 Å². The van der Waals surface area contributed by atoms with Crippen molar-refractivity contribution in [3.8, 4) is 0 Å². The fourth-order valence-electron chi connectivity index (χ4n) is 1.97. The van der Waals surface area contributed by atoms with Gasteiger partial charge in [0.05, 0.1) is 6.54 Å². The topological polar surface area (TPSA) is 45.2 Å². The summed E-state index contributed by atoms with van der Waals surface area (Å²) in [7, 11) is 0. The molecule has 4 nitrogen and oxygen atoms in total. The number of piperazine rings is 1. The SMILES string of the molecule is CC1CN(CC(=O)c2ccccn2)CCN1.Cl. The highest BCUT2D eigenvalue weighted by molar-refractivity contribution is 5.95. The second-order valence-corrected chi connectivity index (χ2v) is 4.23. The minimum atomic E-state index is 0.